The highest BCUT2D eigenvalue weighted by Crippen LogP contribution is 2.29. The van der Waals surface area contributed by atoms with Gasteiger partial charge in [0, 0.05) is 29.5 Å². The summed E-state index contributed by atoms with van der Waals surface area (Å²) in [5.41, 5.74) is 0.888. The highest BCUT2D eigenvalue weighted by atomic mass is 35.5. The molecular formula is C16H16ClN5O. The Hall–Kier alpha value is -2.18. The number of hydrogen-bond acceptors (Lipinski definition) is 5. The fraction of sp³-hybridized carbons (Fsp3) is 0.312. The number of halogens is 1. The van der Waals surface area contributed by atoms with Gasteiger partial charge in [0.25, 0.3) is 0 Å². The number of likely N-dealkylation sites (tertiary alicyclic amines) is 1. The number of imidazole rings is 1. The van der Waals surface area contributed by atoms with Gasteiger partial charge in [-0.15, -0.1) is 10.2 Å². The molecule has 4 rings (SSSR count). The molecule has 1 atom stereocenters. The molecule has 0 radical (unpaired) electrons. The van der Waals surface area contributed by atoms with Gasteiger partial charge < -0.3 is 9.40 Å². The van der Waals surface area contributed by atoms with Crippen molar-refractivity contribution in [1.82, 2.24) is 25.1 Å². The molecule has 1 unspecified atom stereocenters. The summed E-state index contributed by atoms with van der Waals surface area (Å²) in [6.07, 6.45) is 4.64. The Labute approximate surface area is 138 Å². The third-order valence-corrected chi connectivity index (χ3v) is 4.33. The van der Waals surface area contributed by atoms with Gasteiger partial charge in [-0.25, -0.2) is 4.98 Å². The molecule has 2 aromatic heterocycles. The van der Waals surface area contributed by atoms with Crippen LogP contribution in [-0.2, 0) is 6.54 Å². The molecule has 1 saturated heterocycles. The second kappa shape index (κ2) is 6.14. The molecule has 0 spiro atoms. The van der Waals surface area contributed by atoms with Crippen LogP contribution < -0.4 is 0 Å². The summed E-state index contributed by atoms with van der Waals surface area (Å²) in [5.74, 6) is 2.51. The number of hydrogen-bond donors (Lipinski definition) is 1. The van der Waals surface area contributed by atoms with Crippen LogP contribution in [0.4, 0.5) is 0 Å². The van der Waals surface area contributed by atoms with Crippen LogP contribution in [0, 0.1) is 0 Å². The van der Waals surface area contributed by atoms with Gasteiger partial charge in [-0.1, -0.05) is 11.6 Å². The fourth-order valence-electron chi connectivity index (χ4n) is 2.88. The van der Waals surface area contributed by atoms with E-state index in [9.17, 15) is 0 Å². The third-order valence-electron chi connectivity index (χ3n) is 4.08. The normalized spacial score (nSPS) is 18.6. The Kier molecular flexibility index (Phi) is 3.85. The fourth-order valence-corrected chi connectivity index (χ4v) is 3.01. The van der Waals surface area contributed by atoms with Gasteiger partial charge in [0.05, 0.1) is 12.5 Å². The molecule has 0 bridgehead atoms. The third kappa shape index (κ3) is 3.13. The molecule has 1 aliphatic rings. The standard InChI is InChI=1S/C16H16ClN5O/c17-13-3-1-11(2-4-13)15-20-21-16(23-15)12-5-8-22(9-12)10-14-18-6-7-19-14/h1-4,6-7,12H,5,8-10H2,(H,18,19). The van der Waals surface area contributed by atoms with Crippen LogP contribution in [0.15, 0.2) is 41.1 Å². The van der Waals surface area contributed by atoms with Gasteiger partial charge in [-0.3, -0.25) is 4.90 Å². The molecule has 6 nitrogen and oxygen atoms in total. The minimum Gasteiger partial charge on any atom is -0.420 e. The van der Waals surface area contributed by atoms with Gasteiger partial charge >= 0.3 is 0 Å². The predicted octanol–water partition coefficient (Wildman–Crippen LogP) is 3.10. The van der Waals surface area contributed by atoms with E-state index in [0.29, 0.717) is 16.8 Å². The quantitative estimate of drug-likeness (QED) is 0.796. The maximum atomic E-state index is 5.90. The van der Waals surface area contributed by atoms with E-state index >= 15 is 0 Å². The van der Waals surface area contributed by atoms with Crippen molar-refractivity contribution in [2.75, 3.05) is 13.1 Å². The molecule has 0 amide bonds. The van der Waals surface area contributed by atoms with Crippen molar-refractivity contribution in [2.24, 2.45) is 0 Å². The second-order valence-electron chi connectivity index (χ2n) is 5.71. The van der Waals surface area contributed by atoms with Crippen molar-refractivity contribution >= 4 is 11.6 Å². The van der Waals surface area contributed by atoms with Crippen molar-refractivity contribution < 1.29 is 4.42 Å². The average Bonchev–Trinajstić information content (AvgIpc) is 3.29. The molecule has 3 aromatic rings. The van der Waals surface area contributed by atoms with Crippen LogP contribution in [0.25, 0.3) is 11.5 Å². The Bertz CT molecular complexity index is 768. The lowest BCUT2D eigenvalue weighted by Gasteiger charge is -2.12. The van der Waals surface area contributed by atoms with E-state index in [1.54, 1.807) is 6.20 Å². The zero-order valence-electron chi connectivity index (χ0n) is 12.4. The number of benzene rings is 1. The zero-order chi connectivity index (χ0) is 15.6. The number of nitrogens with zero attached hydrogens (tertiary/aromatic N) is 4. The average molecular weight is 330 g/mol. The Morgan fingerprint density at radius 1 is 1.26 bits per heavy atom. The van der Waals surface area contributed by atoms with Gasteiger partial charge in [-0.05, 0) is 37.2 Å². The molecule has 1 aliphatic heterocycles. The maximum absolute atomic E-state index is 5.90. The number of rotatable bonds is 4. The van der Waals surface area contributed by atoms with E-state index in [-0.39, 0.29) is 5.92 Å². The van der Waals surface area contributed by atoms with Crippen LogP contribution in [-0.4, -0.2) is 38.2 Å². The summed E-state index contributed by atoms with van der Waals surface area (Å²) in [4.78, 5) is 9.75. The monoisotopic (exact) mass is 329 g/mol. The smallest absolute Gasteiger partial charge is 0.247 e. The van der Waals surface area contributed by atoms with E-state index in [4.69, 9.17) is 16.0 Å². The highest BCUT2D eigenvalue weighted by Gasteiger charge is 2.28. The van der Waals surface area contributed by atoms with Crippen molar-refractivity contribution in [1.29, 1.82) is 0 Å². The first-order valence-corrected chi connectivity index (χ1v) is 7.95. The van der Waals surface area contributed by atoms with E-state index in [1.807, 2.05) is 30.5 Å². The highest BCUT2D eigenvalue weighted by molar-refractivity contribution is 6.30. The molecule has 3 heterocycles. The molecule has 7 heteroatoms. The topological polar surface area (TPSA) is 70.8 Å². The minimum absolute atomic E-state index is 0.276. The van der Waals surface area contributed by atoms with Crippen LogP contribution in [0.5, 0.6) is 0 Å². The van der Waals surface area contributed by atoms with Crippen LogP contribution in [0.1, 0.15) is 24.1 Å². The SMILES string of the molecule is Clc1ccc(-c2nnc(C3CCN(Cc4ncc[nH]4)C3)o2)cc1. The van der Waals surface area contributed by atoms with Crippen LogP contribution in [0.2, 0.25) is 5.02 Å². The Balaban J connectivity index is 1.44. The Morgan fingerprint density at radius 2 is 2.13 bits per heavy atom. The summed E-state index contributed by atoms with van der Waals surface area (Å²) in [6, 6.07) is 7.41. The Morgan fingerprint density at radius 3 is 2.91 bits per heavy atom. The number of H-pyrrole nitrogens is 1. The molecule has 1 aromatic carbocycles. The molecule has 118 valence electrons. The first kappa shape index (κ1) is 14.4. The lowest BCUT2D eigenvalue weighted by Crippen LogP contribution is -2.20. The maximum Gasteiger partial charge on any atom is 0.247 e. The van der Waals surface area contributed by atoms with E-state index in [1.165, 1.54) is 0 Å². The number of nitrogens with one attached hydrogen (secondary N) is 1. The molecule has 1 N–H and O–H groups in total. The van der Waals surface area contributed by atoms with Crippen molar-refractivity contribution in [3.8, 4) is 11.5 Å². The molecule has 23 heavy (non-hydrogen) atoms. The first-order valence-electron chi connectivity index (χ1n) is 7.58. The van der Waals surface area contributed by atoms with E-state index in [0.717, 1.165) is 37.4 Å². The lowest BCUT2D eigenvalue weighted by atomic mass is 10.1. The summed E-state index contributed by atoms with van der Waals surface area (Å²) in [7, 11) is 0. The summed E-state index contributed by atoms with van der Waals surface area (Å²) >= 11 is 5.90. The summed E-state index contributed by atoms with van der Waals surface area (Å²) < 4.78 is 5.86. The molecule has 0 saturated carbocycles. The van der Waals surface area contributed by atoms with Crippen LogP contribution in [0.3, 0.4) is 0 Å². The van der Waals surface area contributed by atoms with E-state index in [2.05, 4.69) is 25.1 Å². The van der Waals surface area contributed by atoms with Crippen molar-refractivity contribution in [2.45, 2.75) is 18.9 Å². The zero-order valence-corrected chi connectivity index (χ0v) is 13.2. The molecule has 0 aliphatic carbocycles. The molecule has 1 fully saturated rings. The van der Waals surface area contributed by atoms with Gasteiger partial charge in [0.1, 0.15) is 5.82 Å². The van der Waals surface area contributed by atoms with Gasteiger partial charge in [-0.2, -0.15) is 0 Å². The van der Waals surface area contributed by atoms with Crippen molar-refractivity contribution in [3.63, 3.8) is 0 Å². The second-order valence-corrected chi connectivity index (χ2v) is 6.15. The molecular weight excluding hydrogens is 314 g/mol. The lowest BCUT2D eigenvalue weighted by molar-refractivity contribution is 0.313. The minimum atomic E-state index is 0.276. The predicted molar refractivity (Wildman–Crippen MR) is 86.0 cm³/mol. The first-order chi connectivity index (χ1) is 11.3. The summed E-state index contributed by atoms with van der Waals surface area (Å²) in [6.45, 7) is 2.73. The largest absolute Gasteiger partial charge is 0.420 e. The summed E-state index contributed by atoms with van der Waals surface area (Å²) in [5, 5.41) is 9.09. The van der Waals surface area contributed by atoms with Crippen LogP contribution >= 0.6 is 11.6 Å². The number of aromatic nitrogens is 4. The van der Waals surface area contributed by atoms with Crippen molar-refractivity contribution in [3.05, 3.63) is 53.4 Å². The van der Waals surface area contributed by atoms with E-state index < -0.39 is 0 Å². The van der Waals surface area contributed by atoms with Gasteiger partial charge in [0.2, 0.25) is 11.8 Å². The number of aromatic amines is 1. The van der Waals surface area contributed by atoms with Gasteiger partial charge in [0.15, 0.2) is 0 Å².